The second-order valence-corrected chi connectivity index (χ2v) is 6.34. The van der Waals surface area contributed by atoms with E-state index in [1.54, 1.807) is 11.6 Å². The summed E-state index contributed by atoms with van der Waals surface area (Å²) in [6.07, 6.45) is 0.617. The standard InChI is InChI=1S/C18H19N4O3/c1-11-12(2)25-17-19-15-14(22(11)17)16(23)21(18(24)20(15)3)10-9-13-7-5-4-6-8-13/h4-8,14H,9-10H2,1-3H3/q+1. The molecule has 7 nitrogen and oxygen atoms in total. The predicted molar refractivity (Wildman–Crippen MR) is 89.5 cm³/mol. The summed E-state index contributed by atoms with van der Waals surface area (Å²) in [7, 11) is 1.64. The molecular weight excluding hydrogens is 320 g/mol. The maximum absolute atomic E-state index is 13.0. The molecule has 3 amide bonds. The monoisotopic (exact) mass is 339 g/mol. The van der Waals surface area contributed by atoms with Crippen molar-refractivity contribution in [1.82, 2.24) is 9.80 Å². The summed E-state index contributed by atoms with van der Waals surface area (Å²) in [6.45, 7) is 4.06. The number of nitrogens with zero attached hydrogens (tertiary/aromatic N) is 4. The number of benzene rings is 1. The molecular formula is C18H19N4O3+. The average Bonchev–Trinajstić information content (AvgIpc) is 3.11. The van der Waals surface area contributed by atoms with Gasteiger partial charge in [-0.15, -0.1) is 0 Å². The lowest BCUT2D eigenvalue weighted by Crippen LogP contribution is -2.63. The molecule has 128 valence electrons. The van der Waals surface area contributed by atoms with Gasteiger partial charge in [0.15, 0.2) is 5.76 Å². The minimum Gasteiger partial charge on any atom is -0.389 e. The van der Waals surface area contributed by atoms with Crippen LogP contribution in [-0.2, 0) is 11.2 Å². The molecule has 0 radical (unpaired) electrons. The topological polar surface area (TPSA) is 70.0 Å². The fraction of sp³-hybridized carbons (Fsp3) is 0.333. The van der Waals surface area contributed by atoms with Crippen LogP contribution >= 0.6 is 0 Å². The summed E-state index contributed by atoms with van der Waals surface area (Å²) in [4.78, 5) is 32.8. The largest absolute Gasteiger partial charge is 0.507 e. The zero-order chi connectivity index (χ0) is 17.7. The van der Waals surface area contributed by atoms with Crippen molar-refractivity contribution in [2.45, 2.75) is 26.3 Å². The zero-order valence-electron chi connectivity index (χ0n) is 14.4. The zero-order valence-corrected chi connectivity index (χ0v) is 14.4. The number of imide groups is 1. The Hall–Kier alpha value is -2.96. The van der Waals surface area contributed by atoms with Crippen LogP contribution in [0.2, 0.25) is 0 Å². The Morgan fingerprint density at radius 2 is 1.92 bits per heavy atom. The fourth-order valence-electron chi connectivity index (χ4n) is 3.32. The van der Waals surface area contributed by atoms with E-state index in [-0.39, 0.29) is 11.9 Å². The number of carbonyl (C=O) groups excluding carboxylic acids is 2. The van der Waals surface area contributed by atoms with Crippen LogP contribution in [0.3, 0.4) is 0 Å². The minimum absolute atomic E-state index is 0.259. The van der Waals surface area contributed by atoms with Crippen LogP contribution in [0.15, 0.2) is 39.7 Å². The van der Waals surface area contributed by atoms with E-state index in [2.05, 4.69) is 4.99 Å². The first-order valence-corrected chi connectivity index (χ1v) is 8.22. The highest BCUT2D eigenvalue weighted by molar-refractivity contribution is 6.19. The third-order valence-electron chi connectivity index (χ3n) is 4.86. The van der Waals surface area contributed by atoms with Crippen molar-refractivity contribution in [2.75, 3.05) is 13.6 Å². The number of urea groups is 1. The molecule has 0 spiro atoms. The molecule has 25 heavy (non-hydrogen) atoms. The molecule has 0 N–H and O–H groups in total. The molecule has 1 saturated heterocycles. The number of fused-ring (bicyclic) bond motifs is 3. The van der Waals surface area contributed by atoms with Gasteiger partial charge in [0.1, 0.15) is 5.69 Å². The predicted octanol–water partition coefficient (Wildman–Crippen LogP) is 1.91. The normalized spacial score (nSPS) is 19.2. The summed E-state index contributed by atoms with van der Waals surface area (Å²) in [5, 5.41) is 0. The van der Waals surface area contributed by atoms with Crippen LogP contribution in [0.1, 0.15) is 23.1 Å². The quantitative estimate of drug-likeness (QED) is 0.802. The molecule has 0 saturated carbocycles. The van der Waals surface area contributed by atoms with Gasteiger partial charge in [0.2, 0.25) is 0 Å². The lowest BCUT2D eigenvalue weighted by molar-refractivity contribution is -0.685. The van der Waals surface area contributed by atoms with Crippen molar-refractivity contribution in [3.63, 3.8) is 0 Å². The maximum atomic E-state index is 13.0. The molecule has 3 heterocycles. The van der Waals surface area contributed by atoms with Crippen LogP contribution < -0.4 is 4.57 Å². The van der Waals surface area contributed by atoms with Gasteiger partial charge in [0.25, 0.3) is 17.8 Å². The van der Waals surface area contributed by atoms with E-state index in [0.29, 0.717) is 24.8 Å². The Morgan fingerprint density at radius 1 is 1.20 bits per heavy atom. The van der Waals surface area contributed by atoms with Gasteiger partial charge < -0.3 is 4.42 Å². The van der Waals surface area contributed by atoms with Gasteiger partial charge in [-0.1, -0.05) is 30.3 Å². The van der Waals surface area contributed by atoms with E-state index in [9.17, 15) is 9.59 Å². The molecule has 2 aromatic rings. The smallest absolute Gasteiger partial charge is 0.389 e. The number of aromatic nitrogens is 1. The Balaban J connectivity index is 1.65. The Labute approximate surface area is 145 Å². The van der Waals surface area contributed by atoms with Gasteiger partial charge in [-0.2, -0.15) is 4.57 Å². The maximum Gasteiger partial charge on any atom is 0.507 e. The van der Waals surface area contributed by atoms with Crippen LogP contribution in [0.5, 0.6) is 0 Å². The Morgan fingerprint density at radius 3 is 2.64 bits per heavy atom. The van der Waals surface area contributed by atoms with E-state index in [1.165, 1.54) is 9.80 Å². The lowest BCUT2D eigenvalue weighted by Gasteiger charge is -2.32. The average molecular weight is 339 g/mol. The number of rotatable bonds is 3. The number of oxazole rings is 1. The molecule has 1 unspecified atom stereocenters. The van der Waals surface area contributed by atoms with Gasteiger partial charge in [-0.25, -0.2) is 4.79 Å². The van der Waals surface area contributed by atoms with Crippen molar-refractivity contribution in [3.8, 4) is 0 Å². The van der Waals surface area contributed by atoms with Crippen molar-refractivity contribution >= 4 is 23.8 Å². The number of amidine groups is 1. The number of carbonyl (C=O) groups is 2. The van der Waals surface area contributed by atoms with Gasteiger partial charge >= 0.3 is 12.0 Å². The van der Waals surface area contributed by atoms with E-state index >= 15 is 0 Å². The summed E-state index contributed by atoms with van der Waals surface area (Å²) >= 11 is 0. The minimum atomic E-state index is -0.633. The molecule has 1 fully saturated rings. The molecule has 7 heteroatoms. The number of amides is 3. The Bertz CT molecular complexity index is 901. The van der Waals surface area contributed by atoms with Crippen molar-refractivity contribution in [3.05, 3.63) is 47.3 Å². The number of aryl methyl sites for hydroxylation is 1. The van der Waals surface area contributed by atoms with Crippen LogP contribution in [0, 0.1) is 13.8 Å². The van der Waals surface area contributed by atoms with Crippen LogP contribution in [0.25, 0.3) is 0 Å². The summed E-state index contributed by atoms with van der Waals surface area (Å²) in [5.41, 5.74) is 1.93. The molecule has 1 atom stereocenters. The highest BCUT2D eigenvalue weighted by atomic mass is 16.4. The molecule has 0 bridgehead atoms. The van der Waals surface area contributed by atoms with Crippen molar-refractivity contribution < 1.29 is 18.6 Å². The van der Waals surface area contributed by atoms with Gasteiger partial charge in [0.05, 0.1) is 0 Å². The highest BCUT2D eigenvalue weighted by Gasteiger charge is 2.55. The highest BCUT2D eigenvalue weighted by Crippen LogP contribution is 2.30. The summed E-state index contributed by atoms with van der Waals surface area (Å²) < 4.78 is 7.38. The number of aliphatic imine (C=N–C) groups is 1. The lowest BCUT2D eigenvalue weighted by atomic mass is 10.1. The third-order valence-corrected chi connectivity index (χ3v) is 4.86. The molecule has 1 aromatic carbocycles. The van der Waals surface area contributed by atoms with Crippen molar-refractivity contribution in [2.24, 2.45) is 4.99 Å². The van der Waals surface area contributed by atoms with Crippen molar-refractivity contribution in [1.29, 1.82) is 0 Å². The molecule has 2 aliphatic heterocycles. The first-order valence-electron chi connectivity index (χ1n) is 8.22. The van der Waals surface area contributed by atoms with Crippen LogP contribution in [0.4, 0.5) is 10.8 Å². The second kappa shape index (κ2) is 5.54. The summed E-state index contributed by atoms with van der Waals surface area (Å²) in [6, 6.07) is 9.20. The molecule has 0 aliphatic carbocycles. The van der Waals surface area contributed by atoms with E-state index in [1.807, 2.05) is 44.2 Å². The number of likely N-dealkylation sites (N-methyl/N-ethyl adjacent to an activating group) is 1. The van der Waals surface area contributed by atoms with Gasteiger partial charge in [-0.05, 0) is 18.9 Å². The van der Waals surface area contributed by atoms with E-state index in [4.69, 9.17) is 4.42 Å². The van der Waals surface area contributed by atoms with Gasteiger partial charge in [-0.3, -0.25) is 14.6 Å². The SMILES string of the molecule is Cc1oc2[n+](c1C)C1C(=O)N(CCc3ccccc3)C(=O)N(C)C1=N2. The first-order chi connectivity index (χ1) is 12.0. The number of hydrogen-bond donors (Lipinski definition) is 0. The third kappa shape index (κ3) is 2.26. The summed E-state index contributed by atoms with van der Waals surface area (Å²) in [5.74, 6) is 0.888. The second-order valence-electron chi connectivity index (χ2n) is 6.34. The van der Waals surface area contributed by atoms with E-state index < -0.39 is 6.04 Å². The first kappa shape index (κ1) is 15.6. The molecule has 4 rings (SSSR count). The van der Waals surface area contributed by atoms with E-state index in [0.717, 1.165) is 17.0 Å². The Kier molecular flexibility index (Phi) is 3.45. The van der Waals surface area contributed by atoms with Crippen LogP contribution in [-0.4, -0.2) is 41.2 Å². The molecule has 1 aromatic heterocycles. The van der Waals surface area contributed by atoms with Gasteiger partial charge in [0, 0.05) is 25.5 Å². The molecule has 2 aliphatic rings. The fourth-order valence-corrected chi connectivity index (χ4v) is 3.32. The number of hydrogen-bond acceptors (Lipinski definition) is 4.